The first-order chi connectivity index (χ1) is 15.2. The number of nitrogens with one attached hydrogen (secondary N) is 2. The third-order valence-electron chi connectivity index (χ3n) is 6.43. The molecule has 1 aliphatic heterocycles. The topological polar surface area (TPSA) is 87.4 Å². The lowest BCUT2D eigenvalue weighted by Gasteiger charge is -2.34. The van der Waals surface area contributed by atoms with Crippen molar-refractivity contribution < 1.29 is 4.79 Å². The van der Waals surface area contributed by atoms with Crippen molar-refractivity contribution in [3.05, 3.63) is 5.82 Å². The fraction of sp³-hybridized carbons (Fsp3) is 0.818. The molecule has 2 N–H and O–H groups in total. The van der Waals surface area contributed by atoms with Gasteiger partial charge in [-0.3, -0.25) is 9.79 Å². The number of aromatic nitrogens is 3. The predicted molar refractivity (Wildman–Crippen MR) is 127 cm³/mol. The van der Waals surface area contributed by atoms with E-state index in [1.807, 2.05) is 0 Å². The van der Waals surface area contributed by atoms with Crippen molar-refractivity contribution in [2.45, 2.75) is 75.9 Å². The minimum atomic E-state index is 0.147. The van der Waals surface area contributed by atoms with Crippen LogP contribution in [0.5, 0.6) is 0 Å². The number of hydrogen-bond donors (Lipinski definition) is 2. The van der Waals surface area contributed by atoms with Crippen molar-refractivity contribution in [2.24, 2.45) is 10.9 Å². The molecule has 9 heteroatoms. The molecular weight excluding hydrogens is 410 g/mol. The van der Waals surface area contributed by atoms with Gasteiger partial charge < -0.3 is 20.1 Å². The highest BCUT2D eigenvalue weighted by Crippen LogP contribution is 2.33. The number of aryl methyl sites for hydroxylation is 1. The van der Waals surface area contributed by atoms with Gasteiger partial charge in [0.25, 0.3) is 0 Å². The Kier molecular flexibility index (Phi) is 9.49. The van der Waals surface area contributed by atoms with E-state index in [2.05, 4.69) is 43.5 Å². The summed E-state index contributed by atoms with van der Waals surface area (Å²) in [7, 11) is 1.71. The molecule has 0 unspecified atom stereocenters. The summed E-state index contributed by atoms with van der Waals surface area (Å²) in [6.45, 7) is 5.68. The lowest BCUT2D eigenvalue weighted by molar-refractivity contribution is -0.121. The second kappa shape index (κ2) is 12.3. The minimum absolute atomic E-state index is 0.147. The molecule has 31 heavy (non-hydrogen) atoms. The maximum Gasteiger partial charge on any atom is 0.220 e. The first-order valence-corrected chi connectivity index (χ1v) is 13.1. The molecule has 2 aliphatic rings. The van der Waals surface area contributed by atoms with Gasteiger partial charge in [-0.1, -0.05) is 24.6 Å². The van der Waals surface area contributed by atoms with Gasteiger partial charge in [0.2, 0.25) is 5.91 Å². The zero-order valence-corrected chi connectivity index (χ0v) is 20.2. The van der Waals surface area contributed by atoms with E-state index in [0.29, 0.717) is 18.4 Å². The number of thioether (sulfide) groups is 1. The third-order valence-corrected chi connectivity index (χ3v) is 7.07. The molecule has 1 aromatic heterocycles. The van der Waals surface area contributed by atoms with Crippen LogP contribution in [0.25, 0.3) is 0 Å². The van der Waals surface area contributed by atoms with Crippen LogP contribution in [-0.4, -0.2) is 71.0 Å². The Morgan fingerprint density at radius 3 is 2.58 bits per heavy atom. The third kappa shape index (κ3) is 6.60. The molecule has 2 fully saturated rings. The van der Waals surface area contributed by atoms with Gasteiger partial charge in [0.05, 0.1) is 0 Å². The predicted octanol–water partition coefficient (Wildman–Crippen LogP) is 2.86. The largest absolute Gasteiger partial charge is 0.359 e. The maximum absolute atomic E-state index is 11.6. The molecule has 1 aliphatic carbocycles. The molecule has 0 bridgehead atoms. The molecule has 1 aromatic rings. The molecule has 2 heterocycles. The van der Waals surface area contributed by atoms with E-state index < -0.39 is 0 Å². The number of guanidine groups is 1. The molecule has 174 valence electrons. The Morgan fingerprint density at radius 1 is 1.19 bits per heavy atom. The first kappa shape index (κ1) is 23.9. The average Bonchev–Trinajstić information content (AvgIpc) is 3.45. The second-order valence-corrected chi connectivity index (χ2v) is 9.33. The number of aliphatic imine (C=N–C) groups is 1. The Morgan fingerprint density at radius 2 is 1.94 bits per heavy atom. The summed E-state index contributed by atoms with van der Waals surface area (Å²) in [5, 5.41) is 16.2. The van der Waals surface area contributed by atoms with Crippen LogP contribution in [0.15, 0.2) is 10.1 Å². The van der Waals surface area contributed by atoms with Crippen LogP contribution in [-0.2, 0) is 11.2 Å². The van der Waals surface area contributed by atoms with Crippen molar-refractivity contribution in [1.82, 2.24) is 30.3 Å². The van der Waals surface area contributed by atoms with Gasteiger partial charge in [0, 0.05) is 52.1 Å². The number of piperidine rings is 1. The second-order valence-electron chi connectivity index (χ2n) is 8.56. The summed E-state index contributed by atoms with van der Waals surface area (Å²) >= 11 is 1.70. The van der Waals surface area contributed by atoms with Crippen LogP contribution in [0.3, 0.4) is 0 Å². The smallest absolute Gasteiger partial charge is 0.220 e. The van der Waals surface area contributed by atoms with Crippen LogP contribution in [0, 0.1) is 5.92 Å². The number of hydrogen-bond acceptors (Lipinski definition) is 5. The van der Waals surface area contributed by atoms with Gasteiger partial charge in [-0.15, -0.1) is 10.2 Å². The molecule has 0 atom stereocenters. The summed E-state index contributed by atoms with van der Waals surface area (Å²) in [5.74, 6) is 2.75. The number of carbonyl (C=O) groups is 1. The normalized spacial score (nSPS) is 18.5. The lowest BCUT2D eigenvalue weighted by Crippen LogP contribution is -2.46. The monoisotopic (exact) mass is 449 g/mol. The van der Waals surface area contributed by atoms with Crippen LogP contribution >= 0.6 is 11.8 Å². The van der Waals surface area contributed by atoms with E-state index in [1.165, 1.54) is 25.7 Å². The quantitative estimate of drug-likeness (QED) is 0.261. The van der Waals surface area contributed by atoms with E-state index in [1.54, 1.807) is 18.8 Å². The van der Waals surface area contributed by atoms with Gasteiger partial charge in [-0.2, -0.15) is 0 Å². The summed E-state index contributed by atoms with van der Waals surface area (Å²) in [4.78, 5) is 18.9. The summed E-state index contributed by atoms with van der Waals surface area (Å²) < 4.78 is 2.39. The molecule has 0 spiro atoms. The highest BCUT2D eigenvalue weighted by molar-refractivity contribution is 7.98. The van der Waals surface area contributed by atoms with Crippen LogP contribution < -0.4 is 10.6 Å². The van der Waals surface area contributed by atoms with Gasteiger partial charge >= 0.3 is 0 Å². The van der Waals surface area contributed by atoms with Crippen LogP contribution in [0.1, 0.15) is 70.2 Å². The van der Waals surface area contributed by atoms with Crippen LogP contribution in [0.4, 0.5) is 0 Å². The zero-order valence-electron chi connectivity index (χ0n) is 19.4. The number of rotatable bonds is 9. The molecule has 0 aromatic carbocycles. The number of nitrogens with zero attached hydrogens (tertiary/aromatic N) is 5. The van der Waals surface area contributed by atoms with Crippen molar-refractivity contribution in [3.63, 3.8) is 0 Å². The fourth-order valence-electron chi connectivity index (χ4n) is 4.71. The number of amides is 1. The molecular formula is C22H39N7OS. The number of carbonyl (C=O) groups excluding carboxylic acids is 1. The zero-order chi connectivity index (χ0) is 22.1. The molecule has 1 amide bonds. The molecule has 1 saturated carbocycles. The van der Waals surface area contributed by atoms with Crippen molar-refractivity contribution in [3.8, 4) is 0 Å². The van der Waals surface area contributed by atoms with Gasteiger partial charge in [0.1, 0.15) is 5.82 Å². The van der Waals surface area contributed by atoms with Gasteiger partial charge in [-0.25, -0.2) is 0 Å². The SMILES string of the molecule is CCNC(=NCCCc1nnc(SC)n1C1CCCC1)N1CCC(CC(=O)NC)CC1. The van der Waals surface area contributed by atoms with Crippen molar-refractivity contribution in [1.29, 1.82) is 0 Å². The Bertz CT molecular complexity index is 721. The highest BCUT2D eigenvalue weighted by atomic mass is 32.2. The summed E-state index contributed by atoms with van der Waals surface area (Å²) in [5.41, 5.74) is 0. The Balaban J connectivity index is 1.52. The van der Waals surface area contributed by atoms with E-state index >= 15 is 0 Å². The lowest BCUT2D eigenvalue weighted by atomic mass is 9.93. The Labute approximate surface area is 191 Å². The molecule has 3 rings (SSSR count). The van der Waals surface area contributed by atoms with Crippen molar-refractivity contribution >= 4 is 23.6 Å². The molecule has 8 nitrogen and oxygen atoms in total. The highest BCUT2D eigenvalue weighted by Gasteiger charge is 2.24. The van der Waals surface area contributed by atoms with E-state index in [9.17, 15) is 4.79 Å². The van der Waals surface area contributed by atoms with E-state index in [-0.39, 0.29) is 5.91 Å². The number of likely N-dealkylation sites (tertiary alicyclic amines) is 1. The van der Waals surface area contributed by atoms with E-state index in [0.717, 1.165) is 68.8 Å². The first-order valence-electron chi connectivity index (χ1n) is 11.9. The van der Waals surface area contributed by atoms with E-state index in [4.69, 9.17) is 4.99 Å². The van der Waals surface area contributed by atoms with Gasteiger partial charge in [-0.05, 0) is 51.2 Å². The fourth-order valence-corrected chi connectivity index (χ4v) is 5.28. The molecule has 0 radical (unpaired) electrons. The van der Waals surface area contributed by atoms with Crippen molar-refractivity contribution in [2.75, 3.05) is 39.5 Å². The average molecular weight is 450 g/mol. The molecule has 1 saturated heterocycles. The summed E-state index contributed by atoms with van der Waals surface area (Å²) in [6, 6.07) is 0.573. The van der Waals surface area contributed by atoms with Crippen LogP contribution in [0.2, 0.25) is 0 Å². The van der Waals surface area contributed by atoms with Gasteiger partial charge in [0.15, 0.2) is 11.1 Å². The standard InChI is InChI=1S/C22H39N7OS/c1-4-24-21(28-14-11-17(12-15-28)16-20(30)23-2)25-13-7-10-19-26-27-22(31-3)29(19)18-8-5-6-9-18/h17-18H,4-16H2,1-3H3,(H,23,30)(H,24,25). The Hall–Kier alpha value is -1.77. The minimum Gasteiger partial charge on any atom is -0.359 e. The maximum atomic E-state index is 11.6. The summed E-state index contributed by atoms with van der Waals surface area (Å²) in [6.07, 6.45) is 11.8.